The Kier molecular flexibility index (Phi) is 23.8. The molecule has 1 aromatic carbocycles. The number of piperidine rings is 8. The Hall–Kier alpha value is -13.4. The zero-order chi connectivity index (χ0) is 84.1. The van der Waals surface area contributed by atoms with Crippen molar-refractivity contribution in [2.24, 2.45) is 23.7 Å². The first-order valence-electron chi connectivity index (χ1n) is 41.7. The van der Waals surface area contributed by atoms with E-state index < -0.39 is 5.82 Å². The number of carbonyl (C=O) groups excluding carboxylic acids is 4. The number of aromatic nitrogens is 19. The second kappa shape index (κ2) is 35.9. The van der Waals surface area contributed by atoms with Crippen molar-refractivity contribution in [1.82, 2.24) is 114 Å². The summed E-state index contributed by atoms with van der Waals surface area (Å²) in [6.45, 7) is 16.3. The molecule has 122 heavy (non-hydrogen) atoms. The van der Waals surface area contributed by atoms with Gasteiger partial charge in [0, 0.05) is 98.6 Å². The Morgan fingerprint density at radius 1 is 0.361 bits per heavy atom. The highest BCUT2D eigenvalue weighted by Crippen LogP contribution is 2.44. The molecule has 32 heteroatoms. The quantitative estimate of drug-likeness (QED) is 0.0867. The van der Waals surface area contributed by atoms with Crippen LogP contribution < -0.4 is 18.9 Å². The Morgan fingerprint density at radius 3 is 1.27 bits per heavy atom. The third-order valence-corrected chi connectivity index (χ3v) is 24.1. The molecule has 624 valence electrons. The van der Waals surface area contributed by atoms with Gasteiger partial charge in [-0.25, -0.2) is 59.2 Å². The van der Waals surface area contributed by atoms with E-state index >= 15 is 0 Å². The van der Waals surface area contributed by atoms with Gasteiger partial charge in [-0.2, -0.15) is 20.4 Å². The molecule has 4 amide bonds. The molecule has 19 heterocycles. The molecular formula is C90H94FN23O8. The van der Waals surface area contributed by atoms with Crippen molar-refractivity contribution in [3.8, 4) is 57.9 Å². The lowest BCUT2D eigenvalue weighted by Gasteiger charge is -2.49. The number of hydrogen-bond donors (Lipinski definition) is 0. The Bertz CT molecular complexity index is 5470. The molecule has 8 bridgehead atoms. The van der Waals surface area contributed by atoms with Crippen molar-refractivity contribution in [2.75, 3.05) is 26.2 Å². The van der Waals surface area contributed by atoms with Crippen molar-refractivity contribution >= 4 is 23.6 Å². The van der Waals surface area contributed by atoms with Gasteiger partial charge in [0.05, 0.1) is 102 Å². The van der Waals surface area contributed by atoms with E-state index in [1.807, 2.05) is 124 Å². The van der Waals surface area contributed by atoms with Crippen LogP contribution in [0.25, 0.3) is 34.4 Å². The molecule has 8 aliphatic heterocycles. The van der Waals surface area contributed by atoms with E-state index in [0.29, 0.717) is 105 Å². The summed E-state index contributed by atoms with van der Waals surface area (Å²) in [5, 5.41) is 16.7. The van der Waals surface area contributed by atoms with Gasteiger partial charge in [-0.1, -0.05) is 24.3 Å². The minimum atomic E-state index is -0.571. The van der Waals surface area contributed by atoms with Crippen LogP contribution in [0, 0.1) is 78.0 Å². The number of hydrogen-bond acceptors (Lipinski definition) is 25. The normalized spacial score (nSPS) is 22.6. The molecule has 12 aliphatic rings. The van der Waals surface area contributed by atoms with Gasteiger partial charge in [-0.05, 0) is 214 Å². The van der Waals surface area contributed by atoms with Crippen molar-refractivity contribution in [3.63, 3.8) is 0 Å². The molecular weight excluding hydrogens is 1550 g/mol. The molecule has 12 fully saturated rings. The fraction of sp³-hybridized carbons (Fsp3) is 0.389. The van der Waals surface area contributed by atoms with Crippen LogP contribution in [0.4, 0.5) is 4.39 Å². The van der Waals surface area contributed by atoms with Gasteiger partial charge in [0.2, 0.25) is 23.5 Å². The molecule has 12 unspecified atom stereocenters. The number of amides is 4. The van der Waals surface area contributed by atoms with E-state index in [9.17, 15) is 23.6 Å². The van der Waals surface area contributed by atoms with Gasteiger partial charge in [-0.3, -0.25) is 29.1 Å². The monoisotopic (exact) mass is 1640 g/mol. The molecule has 0 spiro atoms. The maximum atomic E-state index is 14.9. The van der Waals surface area contributed by atoms with Crippen LogP contribution in [0.3, 0.4) is 0 Å². The molecule has 31 nitrogen and oxygen atoms in total. The molecule has 4 aliphatic carbocycles. The van der Waals surface area contributed by atoms with Crippen molar-refractivity contribution in [1.29, 1.82) is 0 Å². The number of aryl methyl sites for hydroxylation is 7. The zero-order valence-electron chi connectivity index (χ0n) is 68.9. The summed E-state index contributed by atoms with van der Waals surface area (Å²) in [7, 11) is 0. The lowest BCUT2D eigenvalue weighted by molar-refractivity contribution is -0.0316. The number of carbonyl (C=O) groups is 4. The average Bonchev–Trinajstić information content (AvgIpc) is 0.979. The first-order valence-corrected chi connectivity index (χ1v) is 41.7. The molecule has 8 saturated heterocycles. The second-order valence-electron chi connectivity index (χ2n) is 32.8. The highest BCUT2D eigenvalue weighted by molar-refractivity contribution is 6.01. The third-order valence-electron chi connectivity index (χ3n) is 24.1. The Morgan fingerprint density at radius 2 is 0.795 bits per heavy atom. The summed E-state index contributed by atoms with van der Waals surface area (Å²) in [5.74, 6) is 3.88. The Balaban J connectivity index is 0.000000116. The molecule has 24 rings (SSSR count). The second-order valence-corrected chi connectivity index (χ2v) is 32.8. The smallest absolute Gasteiger partial charge is 0.275 e. The minimum Gasteiger partial charge on any atom is -0.472 e. The van der Waals surface area contributed by atoms with Gasteiger partial charge in [0.1, 0.15) is 41.6 Å². The largest absolute Gasteiger partial charge is 0.472 e. The summed E-state index contributed by atoms with van der Waals surface area (Å²) >= 11 is 0. The summed E-state index contributed by atoms with van der Waals surface area (Å²) in [5.41, 5.74) is 9.32. The van der Waals surface area contributed by atoms with Gasteiger partial charge in [-0.15, -0.1) is 9.59 Å². The standard InChI is InChI=1S/C24H25N5O2.C23H22FN5O2.C22H24N6O2.C21H23N7O2/c1-15-4-9-21(27-13-15)31-20-12-17-6-8-19(20)29(14-17)24(30)18-7-5-16(2)28-22(18)23-25-10-3-11-26-23;1-14-11-28-20(12-27-14)31-19-10-15-6-7-18(19)29(13-15)23(30)21-16(4-2-5-17(21)24)22-25-8-3-9-26-22;1-14-3-8-20(23-12-14)30-19-11-16-5-7-17(19)27(13-16)22(29)21-18(6-4-15(2)26-21)28-24-9-10-25-28;1-13-7-16(20(24-9-13)28-25-5-6-26-28)21(29)27-12-15-3-4-17(27)18(8-15)30-19-11-22-14(2)10-23-19/h3-5,7,9-11,13,17,19-20H,6,8,12,14H2,1-2H3;2-5,8-9,11-12,15,18-19H,6-7,10,13H2,1H3;3-4,6,8-10,12,16-17,19H,5,7,11,13H2,1-2H3;5-7,9-11,15,17-18H,3-4,8,12H2,1-2H3. The van der Waals surface area contributed by atoms with E-state index in [-0.39, 0.29) is 77.8 Å². The molecule has 12 aromatic rings. The summed E-state index contributed by atoms with van der Waals surface area (Å²) in [6.07, 6.45) is 36.0. The molecule has 12 atom stereocenters. The number of fused-ring (bicyclic) bond motifs is 12. The van der Waals surface area contributed by atoms with Crippen LogP contribution in [0.5, 0.6) is 23.5 Å². The molecule has 11 aromatic heterocycles. The van der Waals surface area contributed by atoms with Crippen LogP contribution in [0.1, 0.15) is 158 Å². The summed E-state index contributed by atoms with van der Waals surface area (Å²) in [4.78, 5) is 122. The summed E-state index contributed by atoms with van der Waals surface area (Å²) < 4.78 is 39.7. The zero-order valence-corrected chi connectivity index (χ0v) is 68.9. The Labute approximate surface area is 704 Å². The SMILES string of the molecule is Cc1ccc(OC2CC3CCC2N(C(=O)c2ccc(C)nc2-c2ncccn2)C3)nc1.Cc1ccc(OC2CC3CCC2N(C(=O)c2nc(C)ccc2-n2nccn2)C3)nc1.Cc1cnc(-n2nccn2)c(C(=O)N2CC3CCC2C(Oc2cnc(C)cn2)C3)c1.Cc1cnc(OC2CC3CCC2N(C(=O)c2c(F)cccc2-c2ncccn2)C3)cn1. The van der Waals surface area contributed by atoms with E-state index in [4.69, 9.17) is 18.9 Å². The van der Waals surface area contributed by atoms with Crippen LogP contribution in [0.2, 0.25) is 0 Å². The lowest BCUT2D eigenvalue weighted by atomic mass is 9.77. The van der Waals surface area contributed by atoms with Crippen LogP contribution in [0.15, 0.2) is 178 Å². The van der Waals surface area contributed by atoms with Gasteiger partial charge in [0.25, 0.3) is 23.6 Å². The number of pyridine rings is 5. The summed E-state index contributed by atoms with van der Waals surface area (Å²) in [6, 6.07) is 24.9. The van der Waals surface area contributed by atoms with Gasteiger partial charge >= 0.3 is 0 Å². The van der Waals surface area contributed by atoms with Gasteiger partial charge in [0.15, 0.2) is 23.2 Å². The van der Waals surface area contributed by atoms with E-state index in [1.165, 1.54) is 15.7 Å². The number of benzene rings is 1. The fourth-order valence-corrected chi connectivity index (χ4v) is 18.2. The lowest BCUT2D eigenvalue weighted by Crippen LogP contribution is -2.59. The van der Waals surface area contributed by atoms with E-state index in [1.54, 1.807) is 116 Å². The number of rotatable bonds is 16. The van der Waals surface area contributed by atoms with Gasteiger partial charge < -0.3 is 38.5 Å². The van der Waals surface area contributed by atoms with Crippen LogP contribution in [-0.2, 0) is 0 Å². The minimum absolute atomic E-state index is 0.00588. The van der Waals surface area contributed by atoms with E-state index in [0.717, 1.165) is 136 Å². The third kappa shape index (κ3) is 17.9. The number of nitrogens with zero attached hydrogens (tertiary/aromatic N) is 23. The average molecular weight is 1640 g/mol. The number of ether oxygens (including phenoxy) is 4. The molecule has 4 saturated carbocycles. The predicted octanol–water partition coefficient (Wildman–Crippen LogP) is 12.0. The first kappa shape index (κ1) is 81.0. The molecule has 0 radical (unpaired) electrons. The van der Waals surface area contributed by atoms with Crippen LogP contribution in [-0.4, -0.2) is 213 Å². The molecule has 0 N–H and O–H groups in total. The van der Waals surface area contributed by atoms with E-state index in [2.05, 4.69) is 85.2 Å². The van der Waals surface area contributed by atoms with Crippen molar-refractivity contribution in [3.05, 3.63) is 246 Å². The van der Waals surface area contributed by atoms with Crippen molar-refractivity contribution < 1.29 is 42.5 Å². The first-order chi connectivity index (χ1) is 59.3. The highest BCUT2D eigenvalue weighted by Gasteiger charge is 2.50. The fourth-order valence-electron chi connectivity index (χ4n) is 18.2. The highest BCUT2D eigenvalue weighted by atomic mass is 19.1. The predicted molar refractivity (Wildman–Crippen MR) is 443 cm³/mol. The maximum Gasteiger partial charge on any atom is 0.275 e. The van der Waals surface area contributed by atoms with Crippen LogP contribution >= 0.6 is 0 Å². The topological polar surface area (TPSA) is 347 Å². The number of halogens is 1. The van der Waals surface area contributed by atoms with Crippen molar-refractivity contribution in [2.45, 2.75) is 174 Å². The maximum absolute atomic E-state index is 14.9.